The second kappa shape index (κ2) is 7.35. The van der Waals surface area contributed by atoms with Crippen LogP contribution in [0.5, 0.6) is 0 Å². The Labute approximate surface area is 168 Å². The Morgan fingerprint density at radius 3 is 2.57 bits per heavy atom. The van der Waals surface area contributed by atoms with E-state index in [0.29, 0.717) is 34.3 Å². The maximum Gasteiger partial charge on any atom is 0.268 e. The monoisotopic (exact) mass is 417 g/mol. The molecule has 0 unspecified atom stereocenters. The van der Waals surface area contributed by atoms with Crippen LogP contribution in [-0.2, 0) is 14.8 Å². The molecule has 2 aromatic carbocycles. The first kappa shape index (κ1) is 19.2. The van der Waals surface area contributed by atoms with Gasteiger partial charge in [0.2, 0.25) is 0 Å². The van der Waals surface area contributed by atoms with Crippen LogP contribution in [0.25, 0.3) is 10.9 Å². The number of carbonyl (C=O) groups excluding carboxylic acids is 1. The van der Waals surface area contributed by atoms with E-state index < -0.39 is 22.0 Å². The van der Waals surface area contributed by atoms with Gasteiger partial charge in [0.25, 0.3) is 10.0 Å². The van der Waals surface area contributed by atoms with E-state index in [1.165, 1.54) is 22.3 Å². The highest BCUT2D eigenvalue weighted by atomic mass is 35.5. The van der Waals surface area contributed by atoms with Crippen molar-refractivity contribution in [3.8, 4) is 0 Å². The van der Waals surface area contributed by atoms with Crippen molar-refractivity contribution in [2.45, 2.75) is 36.7 Å². The molecule has 0 amide bonds. The number of hydrogen-bond acceptors (Lipinski definition) is 4. The predicted octanol–water partition coefficient (Wildman–Crippen LogP) is 4.32. The number of halogens is 1. The molecule has 2 atom stereocenters. The first-order chi connectivity index (χ1) is 13.4. The number of aromatic nitrogens is 1. The van der Waals surface area contributed by atoms with Gasteiger partial charge in [-0.2, -0.15) is 0 Å². The Morgan fingerprint density at radius 2 is 1.86 bits per heavy atom. The molecule has 4 rings (SSSR count). The molecule has 1 saturated carbocycles. The summed E-state index contributed by atoms with van der Waals surface area (Å²) in [4.78, 5) is 12.5. The number of carbonyl (C=O) groups is 1. The second-order valence-corrected chi connectivity index (χ2v) is 9.37. The highest BCUT2D eigenvalue weighted by molar-refractivity contribution is 7.90. The summed E-state index contributed by atoms with van der Waals surface area (Å²) in [5.74, 6) is -0.501. The zero-order chi connectivity index (χ0) is 19.9. The number of fused-ring (bicyclic) bond motifs is 1. The fourth-order valence-electron chi connectivity index (χ4n) is 3.90. The molecule has 146 valence electrons. The van der Waals surface area contributed by atoms with Crippen LogP contribution in [0, 0.1) is 5.92 Å². The number of aliphatic hydroxyl groups excluding tert-OH is 1. The van der Waals surface area contributed by atoms with Crippen LogP contribution < -0.4 is 0 Å². The van der Waals surface area contributed by atoms with Gasteiger partial charge in [-0.25, -0.2) is 12.4 Å². The second-order valence-electron chi connectivity index (χ2n) is 7.12. The number of Topliss-reactive ketones (excluding diaryl/α,β-unsaturated/α-hetero) is 1. The largest absolute Gasteiger partial charge is 0.388 e. The first-order valence-corrected chi connectivity index (χ1v) is 11.0. The molecule has 0 saturated heterocycles. The van der Waals surface area contributed by atoms with Crippen LogP contribution in [0.3, 0.4) is 0 Å². The topological polar surface area (TPSA) is 76.4 Å². The summed E-state index contributed by atoms with van der Waals surface area (Å²) < 4.78 is 27.5. The quantitative estimate of drug-likeness (QED) is 0.685. The standard InChI is InChI=1S/C21H20ClNO4S/c22-14-10-11-19-17(12-14)18(21(25)16-8-4-5-9-20(16)24)13-23(19)28(26,27)15-6-2-1-3-7-15/h1-3,6-7,10-13,16,21,25H,4-5,8-9H2/t16-,21-/m1/s1. The zero-order valence-corrected chi connectivity index (χ0v) is 16.7. The average molecular weight is 418 g/mol. The van der Waals surface area contributed by atoms with Crippen molar-refractivity contribution < 1.29 is 18.3 Å². The van der Waals surface area contributed by atoms with E-state index in [0.717, 1.165) is 12.8 Å². The molecular formula is C21H20ClNO4S. The Morgan fingerprint density at radius 1 is 1.11 bits per heavy atom. The van der Waals surface area contributed by atoms with Crippen molar-refractivity contribution in [3.63, 3.8) is 0 Å². The van der Waals surface area contributed by atoms with Gasteiger partial charge >= 0.3 is 0 Å². The third-order valence-electron chi connectivity index (χ3n) is 5.37. The van der Waals surface area contributed by atoms with Gasteiger partial charge in [-0.15, -0.1) is 0 Å². The van der Waals surface area contributed by atoms with E-state index in [4.69, 9.17) is 11.6 Å². The molecule has 1 aliphatic carbocycles. The molecule has 7 heteroatoms. The maximum absolute atomic E-state index is 13.2. The van der Waals surface area contributed by atoms with Crippen LogP contribution in [0.2, 0.25) is 5.02 Å². The van der Waals surface area contributed by atoms with Gasteiger partial charge in [0.15, 0.2) is 0 Å². The summed E-state index contributed by atoms with van der Waals surface area (Å²) in [6.45, 7) is 0. The van der Waals surface area contributed by atoms with E-state index in [2.05, 4.69) is 0 Å². The van der Waals surface area contributed by atoms with E-state index in [1.807, 2.05) is 0 Å². The predicted molar refractivity (Wildman–Crippen MR) is 108 cm³/mol. The molecular weight excluding hydrogens is 398 g/mol. The molecule has 28 heavy (non-hydrogen) atoms. The van der Waals surface area contributed by atoms with Gasteiger partial charge < -0.3 is 5.11 Å². The molecule has 0 radical (unpaired) electrons. The summed E-state index contributed by atoms with van der Waals surface area (Å²) in [6.07, 6.45) is 3.10. The Balaban J connectivity index is 1.89. The van der Waals surface area contributed by atoms with Gasteiger partial charge in [-0.05, 0) is 43.2 Å². The summed E-state index contributed by atoms with van der Waals surface area (Å²) in [5, 5.41) is 12.0. The zero-order valence-electron chi connectivity index (χ0n) is 15.1. The molecule has 1 aliphatic rings. The van der Waals surface area contributed by atoms with Crippen molar-refractivity contribution in [3.05, 3.63) is 65.3 Å². The van der Waals surface area contributed by atoms with Crippen LogP contribution in [-0.4, -0.2) is 23.3 Å². The summed E-state index contributed by atoms with van der Waals surface area (Å²) >= 11 is 6.14. The van der Waals surface area contributed by atoms with E-state index in [1.54, 1.807) is 36.4 Å². The molecule has 5 nitrogen and oxygen atoms in total. The summed E-state index contributed by atoms with van der Waals surface area (Å²) in [5.41, 5.74) is 0.836. The maximum atomic E-state index is 13.2. The Bertz CT molecular complexity index is 1140. The normalized spacial score (nSPS) is 19.1. The summed E-state index contributed by atoms with van der Waals surface area (Å²) in [6, 6.07) is 13.0. The SMILES string of the molecule is O=C1CCCC[C@H]1[C@@H](O)c1cn(S(=O)(=O)c2ccccc2)c2ccc(Cl)cc12. The highest BCUT2D eigenvalue weighted by Gasteiger charge is 2.33. The van der Waals surface area contributed by atoms with Crippen molar-refractivity contribution in [1.82, 2.24) is 3.97 Å². The average Bonchev–Trinajstić information content (AvgIpc) is 3.08. The van der Waals surface area contributed by atoms with E-state index >= 15 is 0 Å². The number of benzene rings is 2. The van der Waals surface area contributed by atoms with E-state index in [9.17, 15) is 18.3 Å². The lowest BCUT2D eigenvalue weighted by atomic mass is 9.81. The number of aliphatic hydroxyl groups is 1. The number of ketones is 1. The van der Waals surface area contributed by atoms with Gasteiger partial charge in [0.05, 0.1) is 16.5 Å². The molecule has 0 bridgehead atoms. The third kappa shape index (κ3) is 3.26. The Hall–Kier alpha value is -2.15. The number of hydrogen-bond donors (Lipinski definition) is 1. The van der Waals surface area contributed by atoms with Gasteiger partial charge in [0, 0.05) is 34.5 Å². The molecule has 0 aliphatic heterocycles. The van der Waals surface area contributed by atoms with Crippen molar-refractivity contribution >= 4 is 38.3 Å². The van der Waals surface area contributed by atoms with Crippen molar-refractivity contribution in [2.24, 2.45) is 5.92 Å². The van der Waals surface area contributed by atoms with Crippen LogP contribution in [0.4, 0.5) is 0 Å². The van der Waals surface area contributed by atoms with Crippen LogP contribution in [0.1, 0.15) is 37.4 Å². The molecule has 0 spiro atoms. The van der Waals surface area contributed by atoms with Gasteiger partial charge in [-0.1, -0.05) is 36.2 Å². The molecule has 1 heterocycles. The fourth-order valence-corrected chi connectivity index (χ4v) is 5.47. The van der Waals surface area contributed by atoms with Crippen molar-refractivity contribution in [2.75, 3.05) is 0 Å². The number of rotatable bonds is 4. The first-order valence-electron chi connectivity index (χ1n) is 9.21. The number of nitrogens with zero attached hydrogens (tertiary/aromatic N) is 1. The third-order valence-corrected chi connectivity index (χ3v) is 7.29. The lowest BCUT2D eigenvalue weighted by Gasteiger charge is -2.25. The van der Waals surface area contributed by atoms with E-state index in [-0.39, 0.29) is 10.7 Å². The van der Waals surface area contributed by atoms with Crippen molar-refractivity contribution in [1.29, 1.82) is 0 Å². The van der Waals surface area contributed by atoms with Crippen LogP contribution >= 0.6 is 11.6 Å². The minimum Gasteiger partial charge on any atom is -0.388 e. The smallest absolute Gasteiger partial charge is 0.268 e. The molecule has 3 aromatic rings. The lowest BCUT2D eigenvalue weighted by molar-refractivity contribution is -0.128. The minimum absolute atomic E-state index is 0.0209. The summed E-state index contributed by atoms with van der Waals surface area (Å²) in [7, 11) is -3.86. The highest BCUT2D eigenvalue weighted by Crippen LogP contribution is 2.38. The lowest BCUT2D eigenvalue weighted by Crippen LogP contribution is -2.25. The molecule has 1 fully saturated rings. The van der Waals surface area contributed by atoms with Crippen LogP contribution in [0.15, 0.2) is 59.6 Å². The fraction of sp³-hybridized carbons (Fsp3) is 0.286. The molecule has 1 N–H and O–H groups in total. The molecule has 1 aromatic heterocycles. The van der Waals surface area contributed by atoms with Gasteiger partial charge in [-0.3, -0.25) is 4.79 Å². The minimum atomic E-state index is -3.86. The Kier molecular flexibility index (Phi) is 5.04. The van der Waals surface area contributed by atoms with Gasteiger partial charge in [0.1, 0.15) is 5.78 Å².